The normalized spacial score (nSPS) is 16.9. The fraction of sp³-hybridized carbons (Fsp3) is 0.391. The highest BCUT2D eigenvalue weighted by atomic mass is 16.2. The summed E-state index contributed by atoms with van der Waals surface area (Å²) in [5, 5.41) is 8.60. The van der Waals surface area contributed by atoms with Gasteiger partial charge in [0.05, 0.1) is 0 Å². The van der Waals surface area contributed by atoms with Crippen LogP contribution in [0.15, 0.2) is 48.7 Å². The van der Waals surface area contributed by atoms with Gasteiger partial charge in [0.2, 0.25) is 5.91 Å². The molecule has 1 atom stereocenters. The standard InChI is InChI=1S/C23H26N4O2/c1-2-17-8-10-18(11-9-17)20(28)12-13-22(29)26-14-5-6-19(16-26)23-25-24-21-7-3-4-15-27(21)23/h3-4,7-11,15,19H,2,5-6,12-14,16H2,1H3. The van der Waals surface area contributed by atoms with Gasteiger partial charge in [-0.2, -0.15) is 0 Å². The van der Waals surface area contributed by atoms with Gasteiger partial charge in [-0.05, 0) is 37.0 Å². The minimum absolute atomic E-state index is 0.0259. The number of aryl methyl sites for hydroxylation is 1. The first-order valence-corrected chi connectivity index (χ1v) is 10.3. The van der Waals surface area contributed by atoms with Crippen molar-refractivity contribution in [3.63, 3.8) is 0 Å². The summed E-state index contributed by atoms with van der Waals surface area (Å²) in [5.41, 5.74) is 2.71. The number of amides is 1. The number of pyridine rings is 1. The van der Waals surface area contributed by atoms with Gasteiger partial charge in [-0.3, -0.25) is 14.0 Å². The lowest BCUT2D eigenvalue weighted by molar-refractivity contribution is -0.132. The predicted octanol–water partition coefficient (Wildman–Crippen LogP) is 3.66. The Kier molecular flexibility index (Phi) is 5.69. The van der Waals surface area contributed by atoms with Crippen molar-refractivity contribution in [2.24, 2.45) is 0 Å². The molecule has 1 aliphatic rings. The molecule has 1 aliphatic heterocycles. The van der Waals surface area contributed by atoms with Crippen molar-refractivity contribution in [1.82, 2.24) is 19.5 Å². The molecule has 29 heavy (non-hydrogen) atoms. The lowest BCUT2D eigenvalue weighted by Crippen LogP contribution is -2.39. The summed E-state index contributed by atoms with van der Waals surface area (Å²) >= 11 is 0. The fourth-order valence-electron chi connectivity index (χ4n) is 4.00. The molecule has 3 heterocycles. The molecular weight excluding hydrogens is 364 g/mol. The third-order valence-electron chi connectivity index (χ3n) is 5.73. The quantitative estimate of drug-likeness (QED) is 0.603. The molecule has 1 unspecified atom stereocenters. The number of benzene rings is 1. The van der Waals surface area contributed by atoms with Crippen molar-refractivity contribution in [3.8, 4) is 0 Å². The summed E-state index contributed by atoms with van der Waals surface area (Å²) in [7, 11) is 0. The number of aromatic nitrogens is 3. The summed E-state index contributed by atoms with van der Waals surface area (Å²) < 4.78 is 2.00. The number of Topliss-reactive ketones (excluding diaryl/α,β-unsaturated/α-hetero) is 1. The van der Waals surface area contributed by atoms with E-state index >= 15 is 0 Å². The molecule has 150 valence electrons. The Morgan fingerprint density at radius 2 is 1.90 bits per heavy atom. The molecule has 4 rings (SSSR count). The minimum atomic E-state index is 0.0259. The molecule has 0 spiro atoms. The maximum Gasteiger partial charge on any atom is 0.223 e. The van der Waals surface area contributed by atoms with Gasteiger partial charge in [-0.1, -0.05) is 37.3 Å². The zero-order valence-electron chi connectivity index (χ0n) is 16.8. The number of hydrogen-bond donors (Lipinski definition) is 0. The number of carbonyl (C=O) groups excluding carboxylic acids is 2. The summed E-state index contributed by atoms with van der Waals surface area (Å²) in [6.07, 6.45) is 5.34. The third-order valence-corrected chi connectivity index (χ3v) is 5.73. The molecule has 6 heteroatoms. The van der Waals surface area contributed by atoms with E-state index in [9.17, 15) is 9.59 Å². The van der Waals surface area contributed by atoms with Crippen molar-refractivity contribution in [2.45, 2.75) is 44.9 Å². The van der Waals surface area contributed by atoms with Crippen LogP contribution < -0.4 is 0 Å². The van der Waals surface area contributed by atoms with Crippen molar-refractivity contribution < 1.29 is 9.59 Å². The van der Waals surface area contributed by atoms with E-state index in [-0.39, 0.29) is 30.4 Å². The second-order valence-corrected chi connectivity index (χ2v) is 7.64. The van der Waals surface area contributed by atoms with Crippen molar-refractivity contribution in [3.05, 3.63) is 65.6 Å². The van der Waals surface area contributed by atoms with Gasteiger partial charge in [0.15, 0.2) is 11.4 Å². The van der Waals surface area contributed by atoms with E-state index in [2.05, 4.69) is 17.1 Å². The van der Waals surface area contributed by atoms with Crippen LogP contribution in [0.3, 0.4) is 0 Å². The van der Waals surface area contributed by atoms with Crippen LogP contribution in [0.5, 0.6) is 0 Å². The number of likely N-dealkylation sites (tertiary alicyclic amines) is 1. The smallest absolute Gasteiger partial charge is 0.223 e. The first-order valence-electron chi connectivity index (χ1n) is 10.3. The van der Waals surface area contributed by atoms with Gasteiger partial charge >= 0.3 is 0 Å². The first kappa shape index (κ1) is 19.3. The lowest BCUT2D eigenvalue weighted by atomic mass is 9.96. The van der Waals surface area contributed by atoms with E-state index in [1.807, 2.05) is 58.0 Å². The maximum atomic E-state index is 12.7. The number of carbonyl (C=O) groups is 2. The van der Waals surface area contributed by atoms with E-state index in [1.54, 1.807) is 0 Å². The van der Waals surface area contributed by atoms with Gasteiger partial charge in [0.25, 0.3) is 0 Å². The van der Waals surface area contributed by atoms with Crippen LogP contribution >= 0.6 is 0 Å². The van der Waals surface area contributed by atoms with Crippen LogP contribution in [0.4, 0.5) is 0 Å². The largest absolute Gasteiger partial charge is 0.342 e. The molecule has 2 aromatic heterocycles. The second kappa shape index (κ2) is 8.55. The van der Waals surface area contributed by atoms with E-state index in [0.717, 1.165) is 37.3 Å². The summed E-state index contributed by atoms with van der Waals surface area (Å²) in [5.74, 6) is 1.15. The third kappa shape index (κ3) is 4.21. The van der Waals surface area contributed by atoms with E-state index in [0.29, 0.717) is 12.1 Å². The van der Waals surface area contributed by atoms with Gasteiger partial charge in [-0.15, -0.1) is 10.2 Å². The fourth-order valence-corrected chi connectivity index (χ4v) is 4.00. The van der Waals surface area contributed by atoms with Crippen molar-refractivity contribution >= 4 is 17.3 Å². The molecule has 3 aromatic rings. The Morgan fingerprint density at radius 3 is 2.69 bits per heavy atom. The molecule has 0 aliphatic carbocycles. The molecule has 0 radical (unpaired) electrons. The number of fused-ring (bicyclic) bond motifs is 1. The lowest BCUT2D eigenvalue weighted by Gasteiger charge is -2.32. The zero-order chi connectivity index (χ0) is 20.2. The number of ketones is 1. The zero-order valence-corrected chi connectivity index (χ0v) is 16.8. The highest BCUT2D eigenvalue weighted by Gasteiger charge is 2.28. The Labute approximate surface area is 170 Å². The molecule has 1 fully saturated rings. The summed E-state index contributed by atoms with van der Waals surface area (Å²) in [6, 6.07) is 13.5. The van der Waals surface area contributed by atoms with Crippen LogP contribution in [0.1, 0.15) is 60.3 Å². The monoisotopic (exact) mass is 390 g/mol. The molecule has 1 saturated heterocycles. The van der Waals surface area contributed by atoms with Gasteiger partial charge in [0, 0.05) is 43.6 Å². The molecular formula is C23H26N4O2. The molecule has 1 aromatic carbocycles. The Morgan fingerprint density at radius 1 is 1.07 bits per heavy atom. The highest BCUT2D eigenvalue weighted by Crippen LogP contribution is 2.26. The number of rotatable bonds is 6. The van der Waals surface area contributed by atoms with Crippen LogP contribution in [0, 0.1) is 0 Å². The van der Waals surface area contributed by atoms with Crippen LogP contribution in [-0.4, -0.2) is 44.3 Å². The topological polar surface area (TPSA) is 67.6 Å². The number of piperidine rings is 1. The number of hydrogen-bond acceptors (Lipinski definition) is 4. The van der Waals surface area contributed by atoms with Crippen LogP contribution in [-0.2, 0) is 11.2 Å². The summed E-state index contributed by atoms with van der Waals surface area (Å²) in [4.78, 5) is 27.1. The van der Waals surface area contributed by atoms with E-state index < -0.39 is 0 Å². The molecule has 0 N–H and O–H groups in total. The van der Waals surface area contributed by atoms with Crippen LogP contribution in [0.2, 0.25) is 0 Å². The Hall–Kier alpha value is -3.02. The second-order valence-electron chi connectivity index (χ2n) is 7.64. The highest BCUT2D eigenvalue weighted by molar-refractivity contribution is 5.98. The Balaban J connectivity index is 1.36. The molecule has 1 amide bonds. The van der Waals surface area contributed by atoms with Crippen molar-refractivity contribution in [2.75, 3.05) is 13.1 Å². The van der Waals surface area contributed by atoms with Gasteiger partial charge in [-0.25, -0.2) is 0 Å². The first-order chi connectivity index (χ1) is 14.2. The van der Waals surface area contributed by atoms with Gasteiger partial charge in [0.1, 0.15) is 5.82 Å². The average Bonchev–Trinajstić information content (AvgIpc) is 3.21. The Bertz CT molecular complexity index is 1010. The maximum absolute atomic E-state index is 12.7. The molecule has 0 saturated carbocycles. The summed E-state index contributed by atoms with van der Waals surface area (Å²) in [6.45, 7) is 3.46. The molecule has 6 nitrogen and oxygen atoms in total. The van der Waals surface area contributed by atoms with Gasteiger partial charge < -0.3 is 4.90 Å². The van der Waals surface area contributed by atoms with E-state index in [1.165, 1.54) is 5.56 Å². The van der Waals surface area contributed by atoms with Crippen molar-refractivity contribution in [1.29, 1.82) is 0 Å². The number of nitrogens with zero attached hydrogens (tertiary/aromatic N) is 4. The molecule has 0 bridgehead atoms. The minimum Gasteiger partial charge on any atom is -0.342 e. The van der Waals surface area contributed by atoms with Crippen LogP contribution in [0.25, 0.3) is 5.65 Å². The average molecular weight is 390 g/mol. The SMILES string of the molecule is CCc1ccc(C(=O)CCC(=O)N2CCCC(c3nnc4ccccn34)C2)cc1. The predicted molar refractivity (Wildman–Crippen MR) is 111 cm³/mol. The van der Waals surface area contributed by atoms with E-state index in [4.69, 9.17) is 0 Å².